The number of rotatable bonds is 3. The molecule has 0 bridgehead atoms. The molecule has 3 aromatic rings. The number of amides is 2. The lowest BCUT2D eigenvalue weighted by molar-refractivity contribution is 0.248. The van der Waals surface area contributed by atoms with Gasteiger partial charge in [-0.1, -0.05) is 54.6 Å². The minimum atomic E-state index is -0.375. The molecule has 2 amide bonds. The molecule has 0 N–H and O–H groups in total. The minimum Gasteiger partial charge on any atom is -0.288 e. The van der Waals surface area contributed by atoms with Crippen molar-refractivity contribution < 1.29 is 4.79 Å². The second-order valence-corrected chi connectivity index (χ2v) is 7.13. The summed E-state index contributed by atoms with van der Waals surface area (Å²) in [6, 6.07) is 29.2. The summed E-state index contributed by atoms with van der Waals surface area (Å²) in [5.74, 6) is 0. The van der Waals surface area contributed by atoms with Gasteiger partial charge in [-0.15, -0.1) is 0 Å². The molecule has 3 heteroatoms. The summed E-state index contributed by atoms with van der Waals surface area (Å²) in [6.45, 7) is 6.14. The van der Waals surface area contributed by atoms with Crippen molar-refractivity contribution >= 4 is 23.1 Å². The third-order valence-electron chi connectivity index (χ3n) is 4.10. The second kappa shape index (κ2) is 7.44. The molecule has 26 heavy (non-hydrogen) atoms. The standard InChI is InChI=1S/C23H24N2O/c1-23(2,3)25(21-17-11-6-12-18-21)22(26)24(19-13-7-4-8-14-19)20-15-9-5-10-16-20/h4-18H,1-3H3. The first-order valence-corrected chi connectivity index (χ1v) is 8.78. The fourth-order valence-electron chi connectivity index (χ4n) is 2.99. The van der Waals surface area contributed by atoms with Crippen LogP contribution < -0.4 is 9.80 Å². The van der Waals surface area contributed by atoms with Gasteiger partial charge in [-0.05, 0) is 57.2 Å². The van der Waals surface area contributed by atoms with Crippen molar-refractivity contribution in [1.82, 2.24) is 0 Å². The second-order valence-electron chi connectivity index (χ2n) is 7.13. The Morgan fingerprint density at radius 3 is 1.31 bits per heavy atom. The Balaban J connectivity index is 2.12. The summed E-state index contributed by atoms with van der Waals surface area (Å²) < 4.78 is 0. The van der Waals surface area contributed by atoms with Crippen molar-refractivity contribution in [2.45, 2.75) is 26.3 Å². The van der Waals surface area contributed by atoms with Crippen molar-refractivity contribution in [2.75, 3.05) is 9.80 Å². The zero-order valence-corrected chi connectivity index (χ0v) is 15.5. The predicted molar refractivity (Wildman–Crippen MR) is 109 cm³/mol. The summed E-state index contributed by atoms with van der Waals surface area (Å²) in [6.07, 6.45) is 0. The van der Waals surface area contributed by atoms with Crippen LogP contribution in [0.5, 0.6) is 0 Å². The Kier molecular flexibility index (Phi) is 5.08. The number of carbonyl (C=O) groups is 1. The molecule has 3 aromatic carbocycles. The van der Waals surface area contributed by atoms with Crippen LogP contribution in [0.25, 0.3) is 0 Å². The topological polar surface area (TPSA) is 23.6 Å². The van der Waals surface area contributed by atoms with Crippen LogP contribution in [0, 0.1) is 0 Å². The Labute approximate surface area is 155 Å². The molecule has 0 spiro atoms. The van der Waals surface area contributed by atoms with Crippen LogP contribution in [-0.4, -0.2) is 11.6 Å². The maximum absolute atomic E-state index is 13.7. The molecule has 3 nitrogen and oxygen atoms in total. The van der Waals surface area contributed by atoms with Crippen LogP contribution in [0.2, 0.25) is 0 Å². The summed E-state index contributed by atoms with van der Waals surface area (Å²) in [5.41, 5.74) is 2.19. The summed E-state index contributed by atoms with van der Waals surface area (Å²) in [7, 11) is 0. The van der Waals surface area contributed by atoms with E-state index in [1.54, 1.807) is 4.90 Å². The molecule has 0 unspecified atom stereocenters. The van der Waals surface area contributed by atoms with Gasteiger partial charge in [-0.3, -0.25) is 9.80 Å². The molecule has 0 aliphatic heterocycles. The SMILES string of the molecule is CC(C)(C)N(C(=O)N(c1ccccc1)c1ccccc1)c1ccccc1. The Hall–Kier alpha value is -3.07. The number of hydrogen-bond donors (Lipinski definition) is 0. The van der Waals surface area contributed by atoms with Gasteiger partial charge in [0.05, 0.1) is 11.4 Å². The van der Waals surface area contributed by atoms with Gasteiger partial charge in [-0.2, -0.15) is 0 Å². The molecule has 0 atom stereocenters. The molecular weight excluding hydrogens is 320 g/mol. The average Bonchev–Trinajstić information content (AvgIpc) is 2.63. The molecule has 0 aliphatic carbocycles. The maximum Gasteiger partial charge on any atom is 0.334 e. The van der Waals surface area contributed by atoms with Crippen molar-refractivity contribution in [3.63, 3.8) is 0 Å². The van der Waals surface area contributed by atoms with Crippen LogP contribution in [-0.2, 0) is 0 Å². The van der Waals surface area contributed by atoms with Gasteiger partial charge in [-0.25, -0.2) is 4.79 Å². The van der Waals surface area contributed by atoms with E-state index in [0.717, 1.165) is 17.1 Å². The van der Waals surface area contributed by atoms with Crippen LogP contribution in [0.3, 0.4) is 0 Å². The summed E-state index contributed by atoms with van der Waals surface area (Å²) in [4.78, 5) is 17.3. The van der Waals surface area contributed by atoms with Gasteiger partial charge in [0, 0.05) is 11.2 Å². The number of urea groups is 1. The maximum atomic E-state index is 13.7. The molecular formula is C23H24N2O. The smallest absolute Gasteiger partial charge is 0.288 e. The number of para-hydroxylation sites is 3. The van der Waals surface area contributed by atoms with Gasteiger partial charge >= 0.3 is 6.03 Å². The largest absolute Gasteiger partial charge is 0.334 e. The highest BCUT2D eigenvalue weighted by Crippen LogP contribution is 2.31. The monoisotopic (exact) mass is 344 g/mol. The molecule has 0 aliphatic rings. The lowest BCUT2D eigenvalue weighted by Gasteiger charge is -2.39. The van der Waals surface area contributed by atoms with E-state index < -0.39 is 0 Å². The van der Waals surface area contributed by atoms with Gasteiger partial charge in [0.2, 0.25) is 0 Å². The van der Waals surface area contributed by atoms with E-state index in [0.29, 0.717) is 0 Å². The lowest BCUT2D eigenvalue weighted by Crippen LogP contribution is -2.51. The van der Waals surface area contributed by atoms with Crippen molar-refractivity contribution in [1.29, 1.82) is 0 Å². The third kappa shape index (κ3) is 3.77. The van der Waals surface area contributed by atoms with Crippen LogP contribution >= 0.6 is 0 Å². The van der Waals surface area contributed by atoms with E-state index in [9.17, 15) is 4.79 Å². The van der Waals surface area contributed by atoms with E-state index in [4.69, 9.17) is 0 Å². The van der Waals surface area contributed by atoms with Crippen molar-refractivity contribution in [2.24, 2.45) is 0 Å². The van der Waals surface area contributed by atoms with E-state index in [-0.39, 0.29) is 11.6 Å². The number of anilines is 3. The quantitative estimate of drug-likeness (QED) is 0.551. The van der Waals surface area contributed by atoms with Gasteiger partial charge < -0.3 is 0 Å². The minimum absolute atomic E-state index is 0.0823. The molecule has 0 aromatic heterocycles. The number of nitrogens with zero attached hydrogens (tertiary/aromatic N) is 2. The number of hydrogen-bond acceptors (Lipinski definition) is 1. The first-order chi connectivity index (χ1) is 12.5. The summed E-state index contributed by atoms with van der Waals surface area (Å²) in [5, 5.41) is 0. The van der Waals surface area contributed by atoms with Crippen LogP contribution in [0.15, 0.2) is 91.0 Å². The summed E-state index contributed by atoms with van der Waals surface area (Å²) >= 11 is 0. The first-order valence-electron chi connectivity index (χ1n) is 8.78. The van der Waals surface area contributed by atoms with Crippen LogP contribution in [0.1, 0.15) is 20.8 Å². The molecule has 0 fully saturated rings. The molecule has 0 saturated heterocycles. The molecule has 0 saturated carbocycles. The molecule has 132 valence electrons. The Bertz CT molecular complexity index is 800. The first kappa shape index (κ1) is 17.7. The van der Waals surface area contributed by atoms with Gasteiger partial charge in [0.25, 0.3) is 0 Å². The average molecular weight is 344 g/mol. The predicted octanol–water partition coefficient (Wildman–Crippen LogP) is 6.25. The van der Waals surface area contributed by atoms with E-state index in [2.05, 4.69) is 0 Å². The highest BCUT2D eigenvalue weighted by molar-refractivity contribution is 6.09. The molecule has 0 heterocycles. The number of carbonyl (C=O) groups excluding carboxylic acids is 1. The van der Waals surface area contributed by atoms with Crippen molar-refractivity contribution in [3.8, 4) is 0 Å². The molecule has 3 rings (SSSR count). The van der Waals surface area contributed by atoms with E-state index in [1.807, 2.05) is 117 Å². The van der Waals surface area contributed by atoms with Gasteiger partial charge in [0.1, 0.15) is 0 Å². The highest BCUT2D eigenvalue weighted by Gasteiger charge is 2.33. The highest BCUT2D eigenvalue weighted by atomic mass is 16.2. The van der Waals surface area contributed by atoms with E-state index >= 15 is 0 Å². The van der Waals surface area contributed by atoms with Crippen LogP contribution in [0.4, 0.5) is 21.9 Å². The van der Waals surface area contributed by atoms with Gasteiger partial charge in [0.15, 0.2) is 0 Å². The third-order valence-corrected chi connectivity index (χ3v) is 4.10. The van der Waals surface area contributed by atoms with E-state index in [1.165, 1.54) is 0 Å². The molecule has 0 radical (unpaired) electrons. The number of benzene rings is 3. The normalized spacial score (nSPS) is 11.0. The Morgan fingerprint density at radius 2 is 0.962 bits per heavy atom. The zero-order valence-electron chi connectivity index (χ0n) is 15.5. The lowest BCUT2D eigenvalue weighted by atomic mass is 10.0. The van der Waals surface area contributed by atoms with Crippen molar-refractivity contribution in [3.05, 3.63) is 91.0 Å². The zero-order chi connectivity index (χ0) is 18.6. The Morgan fingerprint density at radius 1 is 0.615 bits per heavy atom. The fraction of sp³-hybridized carbons (Fsp3) is 0.174. The fourth-order valence-corrected chi connectivity index (χ4v) is 2.99.